The van der Waals surface area contributed by atoms with Gasteiger partial charge in [-0.1, -0.05) is 0 Å². The highest BCUT2D eigenvalue weighted by Crippen LogP contribution is 2.21. The van der Waals surface area contributed by atoms with E-state index < -0.39 is 5.67 Å². The van der Waals surface area contributed by atoms with Gasteiger partial charge in [0, 0.05) is 6.04 Å². The van der Waals surface area contributed by atoms with Gasteiger partial charge in [-0.2, -0.15) is 0 Å². The summed E-state index contributed by atoms with van der Waals surface area (Å²) in [5.74, 6) is 0. The van der Waals surface area contributed by atoms with Gasteiger partial charge in [-0.15, -0.1) is 0 Å². The van der Waals surface area contributed by atoms with Crippen LogP contribution in [0.15, 0.2) is 0 Å². The molecule has 1 aliphatic heterocycles. The molecule has 54 valence electrons. The van der Waals surface area contributed by atoms with E-state index in [0.717, 1.165) is 19.4 Å². The second-order valence-corrected chi connectivity index (χ2v) is 3.21. The second kappa shape index (κ2) is 2.25. The molecule has 2 heteroatoms. The zero-order valence-electron chi connectivity index (χ0n) is 6.08. The third kappa shape index (κ3) is 1.65. The van der Waals surface area contributed by atoms with Crippen LogP contribution in [0.5, 0.6) is 0 Å². The van der Waals surface area contributed by atoms with Crippen molar-refractivity contribution in [1.82, 2.24) is 5.32 Å². The lowest BCUT2D eigenvalue weighted by atomic mass is 10.00. The predicted molar refractivity (Wildman–Crippen MR) is 36.2 cm³/mol. The van der Waals surface area contributed by atoms with E-state index in [1.807, 2.05) is 0 Å². The Morgan fingerprint density at radius 1 is 1.56 bits per heavy atom. The highest BCUT2D eigenvalue weighted by atomic mass is 19.1. The molecule has 9 heavy (non-hydrogen) atoms. The molecule has 1 atom stereocenters. The maximum absolute atomic E-state index is 13.0. The van der Waals surface area contributed by atoms with Crippen LogP contribution in [-0.4, -0.2) is 18.3 Å². The van der Waals surface area contributed by atoms with Crippen LogP contribution in [0, 0.1) is 0 Å². The summed E-state index contributed by atoms with van der Waals surface area (Å²) >= 11 is 0. The topological polar surface area (TPSA) is 12.0 Å². The molecule has 1 N–H and O–H groups in total. The summed E-state index contributed by atoms with van der Waals surface area (Å²) in [7, 11) is 0. The number of nitrogens with one attached hydrogen (secondary N) is 1. The van der Waals surface area contributed by atoms with E-state index in [2.05, 4.69) is 5.32 Å². The molecule has 1 heterocycles. The molecule has 0 bridgehead atoms. The molecule has 1 aliphatic rings. The molecule has 0 saturated carbocycles. The first-order valence-corrected chi connectivity index (χ1v) is 3.53. The van der Waals surface area contributed by atoms with Crippen LogP contribution >= 0.6 is 0 Å². The number of rotatable bonds is 1. The summed E-state index contributed by atoms with van der Waals surface area (Å²) < 4.78 is 13.0. The smallest absolute Gasteiger partial charge is 0.120 e. The lowest BCUT2D eigenvalue weighted by Crippen LogP contribution is -2.39. The van der Waals surface area contributed by atoms with Crippen molar-refractivity contribution in [3.63, 3.8) is 0 Å². The Morgan fingerprint density at radius 3 is 2.44 bits per heavy atom. The molecular weight excluding hydrogens is 117 g/mol. The summed E-state index contributed by atoms with van der Waals surface area (Å²) in [4.78, 5) is 0. The van der Waals surface area contributed by atoms with Crippen LogP contribution in [0.4, 0.5) is 4.39 Å². The molecule has 0 amide bonds. The number of hydrogen-bond acceptors (Lipinski definition) is 1. The number of halogens is 1. The monoisotopic (exact) mass is 131 g/mol. The molecule has 1 fully saturated rings. The van der Waals surface area contributed by atoms with Crippen molar-refractivity contribution < 1.29 is 4.39 Å². The SMILES string of the molecule is CC(C)(F)C1CCCN1. The van der Waals surface area contributed by atoms with Gasteiger partial charge < -0.3 is 5.32 Å². The van der Waals surface area contributed by atoms with Gasteiger partial charge in [0.15, 0.2) is 0 Å². The Bertz CT molecular complexity index is 89.6. The highest BCUT2D eigenvalue weighted by Gasteiger charge is 2.30. The molecule has 1 saturated heterocycles. The van der Waals surface area contributed by atoms with Gasteiger partial charge in [-0.25, -0.2) is 4.39 Å². The minimum atomic E-state index is -1.03. The largest absolute Gasteiger partial charge is 0.311 e. The molecule has 0 spiro atoms. The predicted octanol–water partition coefficient (Wildman–Crippen LogP) is 1.49. The van der Waals surface area contributed by atoms with Gasteiger partial charge >= 0.3 is 0 Å². The van der Waals surface area contributed by atoms with Crippen molar-refractivity contribution in [2.24, 2.45) is 0 Å². The molecule has 0 aliphatic carbocycles. The Hall–Kier alpha value is -0.110. The standard InChI is InChI=1S/C7H14FN/c1-7(2,8)6-4-3-5-9-6/h6,9H,3-5H2,1-2H3. The Labute approximate surface area is 55.6 Å². The van der Waals surface area contributed by atoms with Crippen molar-refractivity contribution in [2.45, 2.75) is 38.4 Å². The summed E-state index contributed by atoms with van der Waals surface area (Å²) in [6.45, 7) is 4.25. The maximum atomic E-state index is 13.0. The van der Waals surface area contributed by atoms with Crippen LogP contribution < -0.4 is 5.32 Å². The van der Waals surface area contributed by atoms with Gasteiger partial charge in [-0.05, 0) is 33.2 Å². The van der Waals surface area contributed by atoms with Gasteiger partial charge in [0.1, 0.15) is 5.67 Å². The number of hydrogen-bond donors (Lipinski definition) is 1. The van der Waals surface area contributed by atoms with Gasteiger partial charge in [-0.3, -0.25) is 0 Å². The third-order valence-corrected chi connectivity index (χ3v) is 1.89. The van der Waals surface area contributed by atoms with E-state index in [-0.39, 0.29) is 6.04 Å². The zero-order chi connectivity index (χ0) is 6.91. The van der Waals surface area contributed by atoms with Crippen molar-refractivity contribution in [3.8, 4) is 0 Å². The van der Waals surface area contributed by atoms with E-state index in [0.29, 0.717) is 0 Å². The first-order valence-electron chi connectivity index (χ1n) is 3.53. The van der Waals surface area contributed by atoms with Gasteiger partial charge in [0.25, 0.3) is 0 Å². The maximum Gasteiger partial charge on any atom is 0.120 e. The Morgan fingerprint density at radius 2 is 2.22 bits per heavy atom. The molecule has 0 aromatic rings. The van der Waals surface area contributed by atoms with Crippen LogP contribution in [-0.2, 0) is 0 Å². The average molecular weight is 131 g/mol. The summed E-state index contributed by atoms with van der Waals surface area (Å²) in [5.41, 5.74) is -1.03. The van der Waals surface area contributed by atoms with Crippen LogP contribution in [0.3, 0.4) is 0 Å². The van der Waals surface area contributed by atoms with E-state index >= 15 is 0 Å². The molecule has 0 aromatic carbocycles. The van der Waals surface area contributed by atoms with E-state index in [9.17, 15) is 4.39 Å². The summed E-state index contributed by atoms with van der Waals surface area (Å²) in [6.07, 6.45) is 2.11. The van der Waals surface area contributed by atoms with E-state index in [1.54, 1.807) is 13.8 Å². The van der Waals surface area contributed by atoms with E-state index in [1.165, 1.54) is 0 Å². The fourth-order valence-corrected chi connectivity index (χ4v) is 1.27. The van der Waals surface area contributed by atoms with Crippen LogP contribution in [0.1, 0.15) is 26.7 Å². The molecule has 1 unspecified atom stereocenters. The normalized spacial score (nSPS) is 29.0. The fraction of sp³-hybridized carbons (Fsp3) is 1.00. The lowest BCUT2D eigenvalue weighted by molar-refractivity contribution is 0.161. The second-order valence-electron chi connectivity index (χ2n) is 3.21. The van der Waals surface area contributed by atoms with Crippen LogP contribution in [0.25, 0.3) is 0 Å². The molecular formula is C7H14FN. The molecule has 0 radical (unpaired) electrons. The highest BCUT2D eigenvalue weighted by molar-refractivity contribution is 4.87. The minimum Gasteiger partial charge on any atom is -0.311 e. The van der Waals surface area contributed by atoms with Crippen molar-refractivity contribution in [2.75, 3.05) is 6.54 Å². The minimum absolute atomic E-state index is 0.0949. The Kier molecular flexibility index (Phi) is 1.75. The first kappa shape index (κ1) is 7.00. The molecule has 1 nitrogen and oxygen atoms in total. The third-order valence-electron chi connectivity index (χ3n) is 1.89. The average Bonchev–Trinajstić information content (AvgIpc) is 2.08. The fourth-order valence-electron chi connectivity index (χ4n) is 1.27. The molecule has 0 aromatic heterocycles. The summed E-state index contributed by atoms with van der Waals surface area (Å²) in [5, 5.41) is 3.12. The van der Waals surface area contributed by atoms with Crippen LogP contribution in [0.2, 0.25) is 0 Å². The first-order chi connectivity index (χ1) is 4.11. The van der Waals surface area contributed by atoms with Crippen molar-refractivity contribution >= 4 is 0 Å². The lowest BCUT2D eigenvalue weighted by Gasteiger charge is -2.22. The summed E-state index contributed by atoms with van der Waals surface area (Å²) in [6, 6.07) is 0.0949. The zero-order valence-corrected chi connectivity index (χ0v) is 6.08. The molecule has 1 rings (SSSR count). The van der Waals surface area contributed by atoms with E-state index in [4.69, 9.17) is 0 Å². The Balaban J connectivity index is 2.42. The van der Waals surface area contributed by atoms with Gasteiger partial charge in [0.2, 0.25) is 0 Å². The number of alkyl halides is 1. The van der Waals surface area contributed by atoms with Gasteiger partial charge in [0.05, 0.1) is 0 Å². The quantitative estimate of drug-likeness (QED) is 0.568. The van der Waals surface area contributed by atoms with Crippen molar-refractivity contribution in [1.29, 1.82) is 0 Å². The van der Waals surface area contributed by atoms with Crippen molar-refractivity contribution in [3.05, 3.63) is 0 Å².